The summed E-state index contributed by atoms with van der Waals surface area (Å²) < 4.78 is 26.0. The SMILES string of the molecule is O=[N+]([O-])c1ccc(Br)cc1S(=O)(=O)N1CCCCO1. The Kier molecular flexibility index (Phi) is 4.19. The maximum absolute atomic E-state index is 12.3. The number of nitrogens with zero attached hydrogens (tertiary/aromatic N) is 2. The van der Waals surface area contributed by atoms with Crippen LogP contribution in [-0.2, 0) is 14.9 Å². The molecule has 1 fully saturated rings. The van der Waals surface area contributed by atoms with Crippen molar-refractivity contribution in [1.29, 1.82) is 0 Å². The van der Waals surface area contributed by atoms with Gasteiger partial charge in [0.2, 0.25) is 0 Å². The third-order valence-electron chi connectivity index (χ3n) is 2.63. The summed E-state index contributed by atoms with van der Waals surface area (Å²) in [6.07, 6.45) is 1.44. The first-order valence-corrected chi connectivity index (χ1v) is 7.76. The van der Waals surface area contributed by atoms with E-state index in [9.17, 15) is 18.5 Å². The van der Waals surface area contributed by atoms with E-state index in [1.165, 1.54) is 12.1 Å². The van der Waals surface area contributed by atoms with Gasteiger partial charge in [-0.15, -0.1) is 0 Å². The van der Waals surface area contributed by atoms with Gasteiger partial charge in [-0.3, -0.25) is 15.0 Å². The van der Waals surface area contributed by atoms with Gasteiger partial charge in [-0.05, 0) is 25.0 Å². The van der Waals surface area contributed by atoms with E-state index < -0.39 is 20.6 Å². The Morgan fingerprint density at radius 3 is 2.68 bits per heavy atom. The zero-order valence-electron chi connectivity index (χ0n) is 9.78. The number of rotatable bonds is 3. The molecule has 0 saturated carbocycles. The number of hydrogen-bond acceptors (Lipinski definition) is 5. The fraction of sp³-hybridized carbons (Fsp3) is 0.400. The predicted molar refractivity (Wildman–Crippen MR) is 69.9 cm³/mol. The van der Waals surface area contributed by atoms with Gasteiger partial charge in [0.1, 0.15) is 0 Å². The molecule has 0 radical (unpaired) electrons. The van der Waals surface area contributed by atoms with Crippen molar-refractivity contribution in [1.82, 2.24) is 4.47 Å². The number of hydroxylamine groups is 1. The van der Waals surface area contributed by atoms with Crippen LogP contribution < -0.4 is 0 Å². The molecule has 0 spiro atoms. The molecule has 104 valence electrons. The minimum absolute atomic E-state index is 0.200. The molecule has 2 rings (SSSR count). The second kappa shape index (κ2) is 5.53. The normalized spacial score (nSPS) is 17.3. The van der Waals surface area contributed by atoms with Crippen LogP contribution in [0.3, 0.4) is 0 Å². The molecule has 0 atom stereocenters. The smallest absolute Gasteiger partial charge is 0.284 e. The number of benzene rings is 1. The van der Waals surface area contributed by atoms with Crippen LogP contribution in [-0.4, -0.2) is 31.0 Å². The number of nitro benzene ring substituents is 1. The second-order valence-electron chi connectivity index (χ2n) is 3.94. The minimum Gasteiger partial charge on any atom is -0.284 e. The molecule has 0 aliphatic carbocycles. The summed E-state index contributed by atoms with van der Waals surface area (Å²) in [5.41, 5.74) is -0.461. The molecule has 1 aliphatic heterocycles. The summed E-state index contributed by atoms with van der Waals surface area (Å²) in [5, 5.41) is 10.9. The maximum Gasteiger partial charge on any atom is 0.289 e. The summed E-state index contributed by atoms with van der Waals surface area (Å²) in [6.45, 7) is 0.493. The molecule has 1 aliphatic rings. The highest BCUT2D eigenvalue weighted by atomic mass is 79.9. The fourth-order valence-corrected chi connectivity index (χ4v) is 3.72. The molecule has 1 aromatic rings. The van der Waals surface area contributed by atoms with E-state index >= 15 is 0 Å². The van der Waals surface area contributed by atoms with Crippen LogP contribution in [0.25, 0.3) is 0 Å². The molecule has 1 saturated heterocycles. The lowest BCUT2D eigenvalue weighted by atomic mass is 10.3. The van der Waals surface area contributed by atoms with Crippen LogP contribution in [0.5, 0.6) is 0 Å². The summed E-state index contributed by atoms with van der Waals surface area (Å²) in [5.74, 6) is 0. The molecule has 19 heavy (non-hydrogen) atoms. The molecular formula is C10H11BrN2O5S. The summed E-state index contributed by atoms with van der Waals surface area (Å²) in [6, 6.07) is 3.79. The molecule has 0 unspecified atom stereocenters. The van der Waals surface area contributed by atoms with E-state index in [4.69, 9.17) is 4.84 Å². The van der Waals surface area contributed by atoms with Gasteiger partial charge in [-0.2, -0.15) is 0 Å². The number of hydrogen-bond donors (Lipinski definition) is 0. The topological polar surface area (TPSA) is 89.8 Å². The van der Waals surface area contributed by atoms with Crippen molar-refractivity contribution in [3.63, 3.8) is 0 Å². The largest absolute Gasteiger partial charge is 0.289 e. The zero-order valence-corrected chi connectivity index (χ0v) is 12.2. The van der Waals surface area contributed by atoms with Crippen molar-refractivity contribution in [3.05, 3.63) is 32.8 Å². The molecule has 0 bridgehead atoms. The van der Waals surface area contributed by atoms with Crippen molar-refractivity contribution in [2.75, 3.05) is 13.2 Å². The van der Waals surface area contributed by atoms with Crippen LogP contribution >= 0.6 is 15.9 Å². The molecule has 0 N–H and O–H groups in total. The molecule has 9 heteroatoms. The van der Waals surface area contributed by atoms with Gasteiger partial charge in [0, 0.05) is 17.1 Å². The molecule has 1 aromatic carbocycles. The number of sulfonamides is 1. The zero-order chi connectivity index (χ0) is 14.0. The van der Waals surface area contributed by atoms with Crippen molar-refractivity contribution in [2.45, 2.75) is 17.7 Å². The van der Waals surface area contributed by atoms with Gasteiger partial charge in [0.05, 0.1) is 11.5 Å². The Morgan fingerprint density at radius 1 is 1.37 bits per heavy atom. The van der Waals surface area contributed by atoms with E-state index in [0.717, 1.165) is 17.0 Å². The van der Waals surface area contributed by atoms with Crippen molar-refractivity contribution >= 4 is 31.6 Å². The summed E-state index contributed by atoms with van der Waals surface area (Å²) in [7, 11) is -4.02. The van der Waals surface area contributed by atoms with Crippen LogP contribution in [0.2, 0.25) is 0 Å². The highest BCUT2D eigenvalue weighted by Gasteiger charge is 2.33. The number of halogens is 1. The highest BCUT2D eigenvalue weighted by molar-refractivity contribution is 9.10. The molecule has 0 amide bonds. The maximum atomic E-state index is 12.3. The molecular weight excluding hydrogens is 340 g/mol. The molecule has 7 nitrogen and oxygen atoms in total. The Labute approximate surface area is 118 Å². The van der Waals surface area contributed by atoms with Crippen molar-refractivity contribution in [3.8, 4) is 0 Å². The van der Waals surface area contributed by atoms with Gasteiger partial charge in [0.15, 0.2) is 4.90 Å². The van der Waals surface area contributed by atoms with Gasteiger partial charge in [-0.25, -0.2) is 8.42 Å². The van der Waals surface area contributed by atoms with Crippen LogP contribution in [0, 0.1) is 10.1 Å². The second-order valence-corrected chi connectivity index (χ2v) is 6.65. The van der Waals surface area contributed by atoms with E-state index in [2.05, 4.69) is 15.9 Å². The average molecular weight is 351 g/mol. The van der Waals surface area contributed by atoms with Gasteiger partial charge >= 0.3 is 0 Å². The predicted octanol–water partition coefficient (Wildman–Crippen LogP) is 2.07. The highest BCUT2D eigenvalue weighted by Crippen LogP contribution is 2.30. The fourth-order valence-electron chi connectivity index (χ4n) is 1.72. The third kappa shape index (κ3) is 2.94. The number of nitro groups is 1. The van der Waals surface area contributed by atoms with Gasteiger partial charge in [-0.1, -0.05) is 20.4 Å². The first-order valence-electron chi connectivity index (χ1n) is 5.52. The quantitative estimate of drug-likeness (QED) is 0.614. The summed E-state index contributed by atoms with van der Waals surface area (Å²) in [4.78, 5) is 14.9. The summed E-state index contributed by atoms with van der Waals surface area (Å²) >= 11 is 3.12. The van der Waals surface area contributed by atoms with Crippen LogP contribution in [0.15, 0.2) is 27.6 Å². The lowest BCUT2D eigenvalue weighted by Crippen LogP contribution is -2.36. The van der Waals surface area contributed by atoms with E-state index in [1.807, 2.05) is 0 Å². The average Bonchev–Trinajstić information content (AvgIpc) is 2.39. The Balaban J connectivity index is 2.49. The minimum atomic E-state index is -4.02. The standard InChI is InChI=1S/C10H11BrN2O5S/c11-8-3-4-9(13(14)15)10(7-8)19(16,17)12-5-1-2-6-18-12/h3-4,7H,1-2,5-6H2. The van der Waals surface area contributed by atoms with Crippen molar-refractivity contribution < 1.29 is 18.2 Å². The van der Waals surface area contributed by atoms with E-state index in [1.54, 1.807) is 0 Å². The van der Waals surface area contributed by atoms with Crippen LogP contribution in [0.4, 0.5) is 5.69 Å². The monoisotopic (exact) mass is 350 g/mol. The lowest BCUT2D eigenvalue weighted by molar-refractivity contribution is -0.388. The van der Waals surface area contributed by atoms with Gasteiger partial charge < -0.3 is 0 Å². The van der Waals surface area contributed by atoms with Crippen LogP contribution in [0.1, 0.15) is 12.8 Å². The first kappa shape index (κ1) is 14.4. The van der Waals surface area contributed by atoms with E-state index in [-0.39, 0.29) is 11.4 Å². The Hall–Kier alpha value is -1.03. The first-order chi connectivity index (χ1) is 8.93. The van der Waals surface area contributed by atoms with E-state index in [0.29, 0.717) is 17.5 Å². The van der Waals surface area contributed by atoms with Crippen molar-refractivity contribution in [2.24, 2.45) is 0 Å². The third-order valence-corrected chi connectivity index (χ3v) is 4.84. The Morgan fingerprint density at radius 2 is 2.11 bits per heavy atom. The van der Waals surface area contributed by atoms with Gasteiger partial charge in [0.25, 0.3) is 15.7 Å². The molecule has 1 heterocycles. The molecule has 0 aromatic heterocycles. The lowest BCUT2D eigenvalue weighted by Gasteiger charge is -2.25. The Bertz CT molecular complexity index is 598.